The molecule has 2 saturated carbocycles. The largest absolute Gasteiger partial charge is 0.481 e. The topological polar surface area (TPSA) is 54.4 Å². The lowest BCUT2D eigenvalue weighted by Gasteiger charge is -2.36. The summed E-state index contributed by atoms with van der Waals surface area (Å²) in [7, 11) is 0. The molecule has 0 bridgehead atoms. The summed E-state index contributed by atoms with van der Waals surface area (Å²) in [4.78, 5) is 21.6. The van der Waals surface area contributed by atoms with Gasteiger partial charge in [0.15, 0.2) is 0 Å². The predicted octanol–water partition coefficient (Wildman–Crippen LogP) is 2.88. The van der Waals surface area contributed by atoms with E-state index in [9.17, 15) is 9.59 Å². The zero-order valence-corrected chi connectivity index (χ0v) is 10.3. The second-order valence-electron chi connectivity index (χ2n) is 5.76. The maximum atomic E-state index is 10.9. The highest BCUT2D eigenvalue weighted by Gasteiger charge is 2.32. The minimum Gasteiger partial charge on any atom is -0.481 e. The Labute approximate surface area is 103 Å². The van der Waals surface area contributed by atoms with Crippen molar-refractivity contribution in [3.05, 3.63) is 0 Å². The van der Waals surface area contributed by atoms with Crippen molar-refractivity contribution in [3.8, 4) is 0 Å². The Morgan fingerprint density at radius 2 is 1.35 bits per heavy atom. The molecule has 0 aromatic carbocycles. The van der Waals surface area contributed by atoms with E-state index in [2.05, 4.69) is 0 Å². The first-order chi connectivity index (χ1) is 8.20. The van der Waals surface area contributed by atoms with Gasteiger partial charge in [-0.05, 0) is 63.2 Å². The Bertz CT molecular complexity index is 271. The molecule has 0 atom stereocenters. The number of hydrogen-bond acceptors (Lipinski definition) is 2. The maximum Gasteiger partial charge on any atom is 0.306 e. The highest BCUT2D eigenvalue weighted by atomic mass is 16.4. The van der Waals surface area contributed by atoms with E-state index in [-0.39, 0.29) is 5.92 Å². The molecule has 0 radical (unpaired) electrons. The van der Waals surface area contributed by atoms with E-state index < -0.39 is 5.97 Å². The van der Waals surface area contributed by atoms with Gasteiger partial charge < -0.3 is 9.90 Å². The number of aldehydes is 1. The minimum absolute atomic E-state index is 0.0995. The lowest BCUT2D eigenvalue weighted by atomic mass is 9.69. The van der Waals surface area contributed by atoms with E-state index in [0.29, 0.717) is 5.92 Å². The predicted molar refractivity (Wildman–Crippen MR) is 64.6 cm³/mol. The lowest BCUT2D eigenvalue weighted by molar-refractivity contribution is -0.143. The average molecular weight is 238 g/mol. The number of aliphatic carboxylic acids is 1. The summed E-state index contributed by atoms with van der Waals surface area (Å²) in [5, 5.41) is 8.96. The van der Waals surface area contributed by atoms with E-state index in [1.54, 1.807) is 0 Å². The monoisotopic (exact) mass is 238 g/mol. The minimum atomic E-state index is -0.617. The molecule has 2 rings (SSSR count). The quantitative estimate of drug-likeness (QED) is 0.769. The summed E-state index contributed by atoms with van der Waals surface area (Å²) in [6.07, 6.45) is 9.41. The van der Waals surface area contributed by atoms with Crippen LogP contribution in [0.15, 0.2) is 0 Å². The van der Waals surface area contributed by atoms with Gasteiger partial charge in [-0.3, -0.25) is 4.79 Å². The average Bonchev–Trinajstić information content (AvgIpc) is 2.39. The Hall–Kier alpha value is -0.860. The van der Waals surface area contributed by atoms with Gasteiger partial charge in [0.05, 0.1) is 5.92 Å². The van der Waals surface area contributed by atoms with Crippen molar-refractivity contribution in [2.45, 2.75) is 51.4 Å². The molecular weight excluding hydrogens is 216 g/mol. The van der Waals surface area contributed by atoms with Gasteiger partial charge in [-0.2, -0.15) is 0 Å². The van der Waals surface area contributed by atoms with Crippen LogP contribution in [0.2, 0.25) is 0 Å². The molecule has 0 spiro atoms. The van der Waals surface area contributed by atoms with Crippen molar-refractivity contribution in [3.63, 3.8) is 0 Å². The highest BCUT2D eigenvalue weighted by Crippen LogP contribution is 2.40. The van der Waals surface area contributed by atoms with Gasteiger partial charge in [0.1, 0.15) is 6.29 Å². The number of hydrogen-bond donors (Lipinski definition) is 1. The van der Waals surface area contributed by atoms with Crippen LogP contribution in [-0.4, -0.2) is 17.4 Å². The molecule has 2 aliphatic rings. The number of carbonyl (C=O) groups is 2. The summed E-state index contributed by atoms with van der Waals surface area (Å²) in [6.45, 7) is 0. The van der Waals surface area contributed by atoms with Crippen LogP contribution in [0.25, 0.3) is 0 Å². The number of carboxylic acids is 1. The zero-order valence-electron chi connectivity index (χ0n) is 10.3. The van der Waals surface area contributed by atoms with E-state index in [1.807, 2.05) is 0 Å². The lowest BCUT2D eigenvalue weighted by Crippen LogP contribution is -2.28. The van der Waals surface area contributed by atoms with Crippen molar-refractivity contribution < 1.29 is 14.7 Å². The highest BCUT2D eigenvalue weighted by molar-refractivity contribution is 5.69. The molecule has 3 nitrogen and oxygen atoms in total. The Morgan fingerprint density at radius 1 is 0.882 bits per heavy atom. The Balaban J connectivity index is 1.78. The molecule has 0 unspecified atom stereocenters. The third kappa shape index (κ3) is 3.08. The smallest absolute Gasteiger partial charge is 0.306 e. The molecule has 0 aromatic heterocycles. The van der Waals surface area contributed by atoms with Crippen molar-refractivity contribution in [1.82, 2.24) is 0 Å². The van der Waals surface area contributed by atoms with Crippen LogP contribution in [0.5, 0.6) is 0 Å². The SMILES string of the molecule is O=CC1CCC(C2CCC(C(=O)O)CC2)CC1. The van der Waals surface area contributed by atoms with Crippen molar-refractivity contribution in [2.24, 2.45) is 23.7 Å². The van der Waals surface area contributed by atoms with Crippen LogP contribution < -0.4 is 0 Å². The third-order valence-electron chi connectivity index (χ3n) is 4.80. The molecule has 3 heteroatoms. The molecule has 2 aliphatic carbocycles. The molecule has 1 N–H and O–H groups in total. The summed E-state index contributed by atoms with van der Waals surface area (Å²) in [5.41, 5.74) is 0. The van der Waals surface area contributed by atoms with Crippen LogP contribution in [0.1, 0.15) is 51.4 Å². The van der Waals surface area contributed by atoms with Crippen molar-refractivity contribution in [1.29, 1.82) is 0 Å². The first kappa shape index (κ1) is 12.6. The summed E-state index contributed by atoms with van der Waals surface area (Å²) in [6, 6.07) is 0. The van der Waals surface area contributed by atoms with Gasteiger partial charge in [-0.1, -0.05) is 0 Å². The van der Waals surface area contributed by atoms with Crippen LogP contribution in [0.4, 0.5) is 0 Å². The normalized spacial score (nSPS) is 38.6. The van der Waals surface area contributed by atoms with E-state index in [4.69, 9.17) is 5.11 Å². The number of carbonyl (C=O) groups excluding carboxylic acids is 1. The maximum absolute atomic E-state index is 10.9. The standard InChI is InChI=1S/C14H22O3/c15-9-10-1-3-11(4-2-10)12-5-7-13(8-6-12)14(16)17/h9-13H,1-8H2,(H,16,17). The number of rotatable bonds is 3. The summed E-state index contributed by atoms with van der Waals surface area (Å²) >= 11 is 0. The first-order valence-corrected chi connectivity index (χ1v) is 6.88. The second kappa shape index (κ2) is 5.65. The summed E-state index contributed by atoms with van der Waals surface area (Å²) in [5.74, 6) is 1.05. The van der Waals surface area contributed by atoms with Gasteiger partial charge in [-0.25, -0.2) is 0 Å². The van der Waals surface area contributed by atoms with Crippen LogP contribution >= 0.6 is 0 Å². The molecule has 0 aromatic rings. The van der Waals surface area contributed by atoms with E-state index in [1.165, 1.54) is 12.8 Å². The van der Waals surface area contributed by atoms with E-state index in [0.717, 1.165) is 56.6 Å². The Kier molecular flexibility index (Phi) is 4.19. The van der Waals surface area contributed by atoms with Crippen molar-refractivity contribution >= 4 is 12.3 Å². The number of carboxylic acid groups (broad SMARTS) is 1. The molecule has 17 heavy (non-hydrogen) atoms. The van der Waals surface area contributed by atoms with Gasteiger partial charge in [0.2, 0.25) is 0 Å². The van der Waals surface area contributed by atoms with Crippen molar-refractivity contribution in [2.75, 3.05) is 0 Å². The van der Waals surface area contributed by atoms with Gasteiger partial charge >= 0.3 is 5.97 Å². The zero-order chi connectivity index (χ0) is 12.3. The molecule has 2 fully saturated rings. The molecular formula is C14H22O3. The molecule has 0 heterocycles. The molecule has 0 aliphatic heterocycles. The second-order valence-corrected chi connectivity index (χ2v) is 5.76. The van der Waals surface area contributed by atoms with Crippen LogP contribution in [0, 0.1) is 23.7 Å². The fourth-order valence-corrected chi connectivity index (χ4v) is 3.59. The van der Waals surface area contributed by atoms with Gasteiger partial charge in [-0.15, -0.1) is 0 Å². The molecule has 0 amide bonds. The van der Waals surface area contributed by atoms with Crippen LogP contribution in [-0.2, 0) is 9.59 Å². The van der Waals surface area contributed by atoms with Gasteiger partial charge in [0, 0.05) is 5.92 Å². The van der Waals surface area contributed by atoms with Gasteiger partial charge in [0.25, 0.3) is 0 Å². The fraction of sp³-hybridized carbons (Fsp3) is 0.857. The van der Waals surface area contributed by atoms with Crippen LogP contribution in [0.3, 0.4) is 0 Å². The van der Waals surface area contributed by atoms with E-state index >= 15 is 0 Å². The molecule has 0 saturated heterocycles. The molecule has 96 valence electrons. The first-order valence-electron chi connectivity index (χ1n) is 6.88. The summed E-state index contributed by atoms with van der Waals surface area (Å²) < 4.78 is 0. The third-order valence-corrected chi connectivity index (χ3v) is 4.80. The Morgan fingerprint density at radius 3 is 1.76 bits per heavy atom. The fourth-order valence-electron chi connectivity index (χ4n) is 3.59.